The molecule has 0 bridgehead atoms. The molecule has 5 heteroatoms. The van der Waals surface area contributed by atoms with Crippen LogP contribution < -0.4 is 15.8 Å². The van der Waals surface area contributed by atoms with Gasteiger partial charge in [0.2, 0.25) is 0 Å². The third-order valence-electron chi connectivity index (χ3n) is 3.23. The summed E-state index contributed by atoms with van der Waals surface area (Å²) in [6.07, 6.45) is 3.89. The van der Waals surface area contributed by atoms with Crippen molar-refractivity contribution in [2.45, 2.75) is 25.9 Å². The average Bonchev–Trinajstić information content (AvgIpc) is 2.95. The molecule has 0 aliphatic carbocycles. The van der Waals surface area contributed by atoms with Crippen molar-refractivity contribution in [3.63, 3.8) is 0 Å². The highest BCUT2D eigenvalue weighted by molar-refractivity contribution is 5.57. The molecule has 2 aromatic rings. The third kappa shape index (κ3) is 3.11. The van der Waals surface area contributed by atoms with Crippen LogP contribution in [0.25, 0.3) is 0 Å². The molecule has 1 atom stereocenters. The molecule has 0 saturated carbocycles. The SMILES string of the molecule is COc1ccccc1NC(CN)c1cnn(C(C)C)c1. The zero-order valence-electron chi connectivity index (χ0n) is 12.2. The number of aromatic nitrogens is 2. The minimum absolute atomic E-state index is 0.0128. The molecule has 0 aliphatic heterocycles. The van der Waals surface area contributed by atoms with Gasteiger partial charge in [0.15, 0.2) is 0 Å². The fraction of sp³-hybridized carbons (Fsp3) is 0.400. The first kappa shape index (κ1) is 14.4. The molecule has 0 fully saturated rings. The minimum atomic E-state index is 0.0128. The zero-order chi connectivity index (χ0) is 14.5. The summed E-state index contributed by atoms with van der Waals surface area (Å²) in [5.74, 6) is 0.808. The number of nitrogens with zero attached hydrogens (tertiary/aromatic N) is 2. The lowest BCUT2D eigenvalue weighted by molar-refractivity contribution is 0.416. The van der Waals surface area contributed by atoms with Crippen molar-refractivity contribution in [2.24, 2.45) is 5.73 Å². The molecule has 1 aromatic carbocycles. The van der Waals surface area contributed by atoms with E-state index in [0.29, 0.717) is 12.6 Å². The summed E-state index contributed by atoms with van der Waals surface area (Å²) in [6, 6.07) is 8.17. The van der Waals surface area contributed by atoms with E-state index in [1.165, 1.54) is 0 Å². The number of methoxy groups -OCH3 is 1. The van der Waals surface area contributed by atoms with E-state index in [2.05, 4.69) is 24.3 Å². The van der Waals surface area contributed by atoms with E-state index >= 15 is 0 Å². The number of nitrogens with two attached hydrogens (primary N) is 1. The molecule has 0 saturated heterocycles. The molecule has 1 unspecified atom stereocenters. The number of hydrogen-bond acceptors (Lipinski definition) is 4. The number of nitrogens with one attached hydrogen (secondary N) is 1. The van der Waals surface area contributed by atoms with Crippen LogP contribution in [0.4, 0.5) is 5.69 Å². The summed E-state index contributed by atoms with van der Waals surface area (Å²) < 4.78 is 7.28. The lowest BCUT2D eigenvalue weighted by Crippen LogP contribution is -2.20. The van der Waals surface area contributed by atoms with Crippen molar-refractivity contribution >= 4 is 5.69 Å². The fourth-order valence-electron chi connectivity index (χ4n) is 2.05. The van der Waals surface area contributed by atoms with Gasteiger partial charge in [-0.15, -0.1) is 0 Å². The lowest BCUT2D eigenvalue weighted by atomic mass is 10.1. The molecule has 1 heterocycles. The van der Waals surface area contributed by atoms with E-state index in [1.54, 1.807) is 7.11 Å². The Balaban J connectivity index is 2.19. The lowest BCUT2D eigenvalue weighted by Gasteiger charge is -2.18. The molecular weight excluding hydrogens is 252 g/mol. The highest BCUT2D eigenvalue weighted by Gasteiger charge is 2.14. The quantitative estimate of drug-likeness (QED) is 0.849. The summed E-state index contributed by atoms with van der Waals surface area (Å²) in [6.45, 7) is 4.69. The largest absolute Gasteiger partial charge is 0.495 e. The summed E-state index contributed by atoms with van der Waals surface area (Å²) in [5.41, 5.74) is 7.90. The topological polar surface area (TPSA) is 65.1 Å². The second-order valence-corrected chi connectivity index (χ2v) is 4.98. The zero-order valence-corrected chi connectivity index (χ0v) is 12.2. The number of anilines is 1. The first-order valence-electron chi connectivity index (χ1n) is 6.79. The standard InChI is InChI=1S/C15H22N4O/c1-11(2)19-10-12(9-17-19)14(8-16)18-13-6-4-5-7-15(13)20-3/h4-7,9-11,14,18H,8,16H2,1-3H3. The van der Waals surface area contributed by atoms with Gasteiger partial charge in [-0.1, -0.05) is 12.1 Å². The maximum atomic E-state index is 5.89. The van der Waals surface area contributed by atoms with Gasteiger partial charge in [0.25, 0.3) is 0 Å². The van der Waals surface area contributed by atoms with Gasteiger partial charge in [-0.05, 0) is 26.0 Å². The molecule has 1 aromatic heterocycles. The van der Waals surface area contributed by atoms with E-state index in [-0.39, 0.29) is 6.04 Å². The van der Waals surface area contributed by atoms with Crippen LogP contribution in [0.15, 0.2) is 36.7 Å². The van der Waals surface area contributed by atoms with Gasteiger partial charge in [-0.25, -0.2) is 0 Å². The van der Waals surface area contributed by atoms with Crippen LogP contribution in [-0.2, 0) is 0 Å². The molecule has 20 heavy (non-hydrogen) atoms. The maximum Gasteiger partial charge on any atom is 0.141 e. The Labute approximate surface area is 119 Å². The van der Waals surface area contributed by atoms with Gasteiger partial charge in [0.1, 0.15) is 5.75 Å². The molecule has 108 valence electrons. The van der Waals surface area contributed by atoms with Crippen molar-refractivity contribution in [3.05, 3.63) is 42.2 Å². The Bertz CT molecular complexity index is 550. The molecule has 0 radical (unpaired) electrons. The minimum Gasteiger partial charge on any atom is -0.495 e. The number of benzene rings is 1. The molecule has 0 spiro atoms. The Morgan fingerprint density at radius 3 is 2.70 bits per heavy atom. The molecule has 0 aliphatic rings. The van der Waals surface area contributed by atoms with Crippen molar-refractivity contribution in [1.29, 1.82) is 0 Å². The first-order chi connectivity index (χ1) is 9.65. The van der Waals surface area contributed by atoms with Gasteiger partial charge >= 0.3 is 0 Å². The normalized spacial score (nSPS) is 12.4. The smallest absolute Gasteiger partial charge is 0.141 e. The van der Waals surface area contributed by atoms with Crippen LogP contribution in [0.1, 0.15) is 31.5 Å². The fourth-order valence-corrected chi connectivity index (χ4v) is 2.05. The average molecular weight is 274 g/mol. The van der Waals surface area contributed by atoms with Crippen LogP contribution in [0.5, 0.6) is 5.75 Å². The first-order valence-corrected chi connectivity index (χ1v) is 6.79. The molecule has 5 nitrogen and oxygen atoms in total. The molecule has 3 N–H and O–H groups in total. The molecular formula is C15H22N4O. The van der Waals surface area contributed by atoms with Gasteiger partial charge in [0.05, 0.1) is 25.0 Å². The Morgan fingerprint density at radius 2 is 2.10 bits per heavy atom. The number of ether oxygens (including phenoxy) is 1. The van der Waals surface area contributed by atoms with E-state index in [0.717, 1.165) is 17.0 Å². The summed E-state index contributed by atoms with van der Waals surface area (Å²) in [7, 11) is 1.66. The highest BCUT2D eigenvalue weighted by Crippen LogP contribution is 2.27. The Morgan fingerprint density at radius 1 is 1.35 bits per heavy atom. The monoisotopic (exact) mass is 274 g/mol. The van der Waals surface area contributed by atoms with Crippen molar-refractivity contribution in [1.82, 2.24) is 9.78 Å². The van der Waals surface area contributed by atoms with Crippen molar-refractivity contribution in [2.75, 3.05) is 19.0 Å². The van der Waals surface area contributed by atoms with Crippen molar-refractivity contribution < 1.29 is 4.74 Å². The predicted octanol–water partition coefficient (Wildman–Crippen LogP) is 2.58. The van der Waals surface area contributed by atoms with E-state index in [9.17, 15) is 0 Å². The second kappa shape index (κ2) is 6.43. The number of hydrogen-bond donors (Lipinski definition) is 2. The maximum absolute atomic E-state index is 5.89. The van der Waals surface area contributed by atoms with Crippen LogP contribution in [-0.4, -0.2) is 23.4 Å². The van der Waals surface area contributed by atoms with E-state index in [4.69, 9.17) is 10.5 Å². The van der Waals surface area contributed by atoms with Gasteiger partial charge < -0.3 is 15.8 Å². The number of rotatable bonds is 6. The van der Waals surface area contributed by atoms with E-state index < -0.39 is 0 Å². The molecule has 2 rings (SSSR count). The Kier molecular flexibility index (Phi) is 4.63. The van der Waals surface area contributed by atoms with E-state index in [1.807, 2.05) is 41.3 Å². The van der Waals surface area contributed by atoms with Crippen molar-refractivity contribution in [3.8, 4) is 5.75 Å². The third-order valence-corrected chi connectivity index (χ3v) is 3.23. The second-order valence-electron chi connectivity index (χ2n) is 4.98. The van der Waals surface area contributed by atoms with Crippen LogP contribution in [0.2, 0.25) is 0 Å². The molecule has 0 amide bonds. The predicted molar refractivity (Wildman–Crippen MR) is 81.0 cm³/mol. The summed E-state index contributed by atoms with van der Waals surface area (Å²) in [5, 5.41) is 7.77. The highest BCUT2D eigenvalue weighted by atomic mass is 16.5. The summed E-state index contributed by atoms with van der Waals surface area (Å²) >= 11 is 0. The van der Waals surface area contributed by atoms with Crippen LogP contribution in [0, 0.1) is 0 Å². The van der Waals surface area contributed by atoms with Gasteiger partial charge in [-0.3, -0.25) is 4.68 Å². The summed E-state index contributed by atoms with van der Waals surface area (Å²) in [4.78, 5) is 0. The van der Waals surface area contributed by atoms with Gasteiger partial charge in [-0.2, -0.15) is 5.10 Å². The van der Waals surface area contributed by atoms with Crippen LogP contribution >= 0.6 is 0 Å². The number of para-hydroxylation sites is 2. The Hall–Kier alpha value is -2.01. The van der Waals surface area contributed by atoms with Gasteiger partial charge in [0, 0.05) is 24.3 Å². The van der Waals surface area contributed by atoms with Crippen LogP contribution in [0.3, 0.4) is 0 Å².